The Morgan fingerprint density at radius 2 is 2.00 bits per heavy atom. The summed E-state index contributed by atoms with van der Waals surface area (Å²) in [5.41, 5.74) is 1.26. The normalized spacial score (nSPS) is 11.6. The summed E-state index contributed by atoms with van der Waals surface area (Å²) < 4.78 is 1.72. The summed E-state index contributed by atoms with van der Waals surface area (Å²) in [5, 5.41) is 10.6. The molecule has 0 unspecified atom stereocenters. The van der Waals surface area contributed by atoms with Crippen LogP contribution >= 0.6 is 27.3 Å². The van der Waals surface area contributed by atoms with Gasteiger partial charge in [-0.2, -0.15) is 0 Å². The Morgan fingerprint density at radius 3 is 2.81 bits per heavy atom. The van der Waals surface area contributed by atoms with E-state index in [2.05, 4.69) is 25.9 Å². The largest absolute Gasteiger partial charge is 0.477 e. The van der Waals surface area contributed by atoms with Crippen LogP contribution in [0.5, 0.6) is 0 Å². The Morgan fingerprint density at radius 1 is 1.15 bits per heavy atom. The van der Waals surface area contributed by atoms with E-state index in [1.807, 2.05) is 30.3 Å². The molecule has 0 amide bonds. The van der Waals surface area contributed by atoms with Crippen LogP contribution in [0, 0.1) is 0 Å². The fourth-order valence-corrected chi connectivity index (χ4v) is 4.01. The number of rotatable bonds is 3. The number of carbonyl (C=O) groups is 1. The second-order valence-corrected chi connectivity index (χ2v) is 7.62. The lowest BCUT2D eigenvalue weighted by Gasteiger charge is -2.00. The first-order valence-electron chi connectivity index (χ1n) is 7.65. The molecular weight excluding hydrogens is 416 g/mol. The minimum Gasteiger partial charge on any atom is -0.477 e. The summed E-state index contributed by atoms with van der Waals surface area (Å²) in [5.74, 6) is -0.497. The maximum absolute atomic E-state index is 12.2. The third-order valence-corrected chi connectivity index (χ3v) is 5.49. The summed E-state index contributed by atoms with van der Waals surface area (Å²) in [6.07, 6.45) is 3.54. The summed E-state index contributed by atoms with van der Waals surface area (Å²) in [7, 11) is 0. The topological polar surface area (TPSA) is 83.0 Å². The quantitative estimate of drug-likeness (QED) is 0.494. The molecule has 2 heterocycles. The minimum absolute atomic E-state index is 0.210. The van der Waals surface area contributed by atoms with Gasteiger partial charge >= 0.3 is 5.97 Å². The summed E-state index contributed by atoms with van der Waals surface area (Å²) >= 11 is 4.58. The van der Waals surface area contributed by atoms with Crippen LogP contribution in [-0.2, 0) is 0 Å². The Labute approximate surface area is 159 Å². The van der Waals surface area contributed by atoms with Crippen molar-refractivity contribution >= 4 is 66.4 Å². The average Bonchev–Trinajstić information content (AvgIpc) is 3.06. The van der Waals surface area contributed by atoms with Crippen LogP contribution in [0.15, 0.2) is 51.7 Å². The number of aromatic nitrogens is 2. The van der Waals surface area contributed by atoms with Gasteiger partial charge in [0.05, 0.1) is 10.9 Å². The van der Waals surface area contributed by atoms with Crippen molar-refractivity contribution in [1.29, 1.82) is 0 Å². The molecule has 7 heteroatoms. The lowest BCUT2D eigenvalue weighted by Crippen LogP contribution is -2.09. The number of hydrogen-bond donors (Lipinski definition) is 2. The number of aromatic carboxylic acids is 1. The number of benzene rings is 2. The van der Waals surface area contributed by atoms with E-state index in [4.69, 9.17) is 0 Å². The molecule has 0 fully saturated rings. The highest BCUT2D eigenvalue weighted by Crippen LogP contribution is 2.29. The van der Waals surface area contributed by atoms with Gasteiger partial charge in [-0.1, -0.05) is 34.1 Å². The second kappa shape index (κ2) is 6.51. The first-order valence-corrected chi connectivity index (χ1v) is 9.26. The van der Waals surface area contributed by atoms with Crippen molar-refractivity contribution < 1.29 is 9.90 Å². The van der Waals surface area contributed by atoms with Crippen LogP contribution in [0.3, 0.4) is 0 Å². The van der Waals surface area contributed by atoms with Gasteiger partial charge in [0.1, 0.15) is 10.7 Å². The number of fused-ring (bicyclic) bond motifs is 2. The molecule has 0 aliphatic rings. The smallest absolute Gasteiger partial charge is 0.345 e. The standard InChI is InChI=1S/C19H11BrN2O3S/c20-11-5-6-14-13(8-11)18(23)22-17(21-14)7-4-10-2-1-3-15-12(10)9-16(26-15)19(24)25/h1-9H,(H,24,25)(H,21,22,23)/b7-4+. The van der Waals surface area contributed by atoms with Gasteiger partial charge in [-0.25, -0.2) is 9.78 Å². The number of carboxylic acid groups (broad SMARTS) is 1. The van der Waals surface area contributed by atoms with Gasteiger partial charge in [0.25, 0.3) is 5.56 Å². The zero-order valence-corrected chi connectivity index (χ0v) is 15.6. The van der Waals surface area contributed by atoms with Crippen LogP contribution in [0.25, 0.3) is 33.1 Å². The van der Waals surface area contributed by atoms with Gasteiger partial charge in [0.2, 0.25) is 0 Å². The van der Waals surface area contributed by atoms with E-state index in [1.54, 1.807) is 24.3 Å². The van der Waals surface area contributed by atoms with E-state index in [1.165, 1.54) is 11.3 Å². The van der Waals surface area contributed by atoms with Crippen molar-refractivity contribution in [3.05, 3.63) is 73.6 Å². The van der Waals surface area contributed by atoms with Crippen LogP contribution in [0.4, 0.5) is 0 Å². The van der Waals surface area contributed by atoms with Gasteiger partial charge in [-0.05, 0) is 42.0 Å². The average molecular weight is 427 g/mol. The van der Waals surface area contributed by atoms with Crippen molar-refractivity contribution in [2.45, 2.75) is 0 Å². The summed E-state index contributed by atoms with van der Waals surface area (Å²) in [6.45, 7) is 0. The van der Waals surface area contributed by atoms with Gasteiger partial charge in [0, 0.05) is 14.6 Å². The van der Waals surface area contributed by atoms with Crippen molar-refractivity contribution in [3.8, 4) is 0 Å². The summed E-state index contributed by atoms with van der Waals surface area (Å²) in [4.78, 5) is 30.9. The number of thiophene rings is 1. The third-order valence-electron chi connectivity index (χ3n) is 3.91. The fraction of sp³-hybridized carbons (Fsp3) is 0. The number of aromatic amines is 1. The van der Waals surface area contributed by atoms with E-state index >= 15 is 0 Å². The number of nitrogens with one attached hydrogen (secondary N) is 1. The molecule has 26 heavy (non-hydrogen) atoms. The first kappa shape index (κ1) is 16.7. The molecule has 0 atom stereocenters. The highest BCUT2D eigenvalue weighted by molar-refractivity contribution is 9.10. The molecule has 0 aliphatic heterocycles. The van der Waals surface area contributed by atoms with Gasteiger partial charge in [-0.15, -0.1) is 11.3 Å². The van der Waals surface area contributed by atoms with E-state index in [0.29, 0.717) is 21.6 Å². The number of carboxylic acids is 1. The van der Waals surface area contributed by atoms with Gasteiger partial charge < -0.3 is 10.1 Å². The molecule has 5 nitrogen and oxygen atoms in total. The highest BCUT2D eigenvalue weighted by atomic mass is 79.9. The van der Waals surface area contributed by atoms with Crippen LogP contribution < -0.4 is 5.56 Å². The SMILES string of the molecule is O=C(O)c1cc2c(/C=C/c3nc4ccc(Br)cc4c(=O)[nH]3)cccc2s1. The predicted octanol–water partition coefficient (Wildman–Crippen LogP) is 4.77. The molecule has 2 N–H and O–H groups in total. The highest BCUT2D eigenvalue weighted by Gasteiger charge is 2.10. The fourth-order valence-electron chi connectivity index (χ4n) is 2.71. The lowest BCUT2D eigenvalue weighted by atomic mass is 10.1. The van der Waals surface area contributed by atoms with Crippen LogP contribution in [0.2, 0.25) is 0 Å². The maximum Gasteiger partial charge on any atom is 0.345 e. The zero-order chi connectivity index (χ0) is 18.3. The molecule has 0 bridgehead atoms. The maximum atomic E-state index is 12.2. The molecule has 0 spiro atoms. The number of halogens is 1. The van der Waals surface area contributed by atoms with Gasteiger partial charge in [0.15, 0.2) is 0 Å². The van der Waals surface area contributed by atoms with E-state index in [9.17, 15) is 14.7 Å². The van der Waals surface area contributed by atoms with Crippen LogP contribution in [-0.4, -0.2) is 21.0 Å². The molecule has 0 aliphatic carbocycles. The van der Waals surface area contributed by atoms with E-state index in [0.717, 1.165) is 20.1 Å². The van der Waals surface area contributed by atoms with Crippen molar-refractivity contribution in [2.24, 2.45) is 0 Å². The first-order chi connectivity index (χ1) is 12.5. The molecule has 2 aromatic heterocycles. The second-order valence-electron chi connectivity index (χ2n) is 5.62. The van der Waals surface area contributed by atoms with Crippen molar-refractivity contribution in [3.63, 3.8) is 0 Å². The van der Waals surface area contributed by atoms with E-state index in [-0.39, 0.29) is 5.56 Å². The summed E-state index contributed by atoms with van der Waals surface area (Å²) in [6, 6.07) is 12.7. The third kappa shape index (κ3) is 3.07. The number of hydrogen-bond acceptors (Lipinski definition) is 4. The molecule has 0 saturated heterocycles. The molecule has 4 aromatic rings. The van der Waals surface area contributed by atoms with Crippen LogP contribution in [0.1, 0.15) is 21.1 Å². The van der Waals surface area contributed by atoms with Gasteiger partial charge in [-0.3, -0.25) is 4.79 Å². The number of H-pyrrole nitrogens is 1. The predicted molar refractivity (Wildman–Crippen MR) is 108 cm³/mol. The van der Waals surface area contributed by atoms with E-state index < -0.39 is 5.97 Å². The lowest BCUT2D eigenvalue weighted by molar-refractivity contribution is 0.0702. The zero-order valence-electron chi connectivity index (χ0n) is 13.2. The Bertz CT molecular complexity index is 1260. The Hall–Kier alpha value is -2.77. The Kier molecular flexibility index (Phi) is 4.18. The molecule has 0 radical (unpaired) electrons. The molecule has 0 saturated carbocycles. The molecule has 2 aromatic carbocycles. The van der Waals surface area contributed by atoms with Crippen molar-refractivity contribution in [2.75, 3.05) is 0 Å². The minimum atomic E-state index is -0.937. The molecule has 4 rings (SSSR count). The monoisotopic (exact) mass is 426 g/mol. The Balaban J connectivity index is 1.78. The molecule has 128 valence electrons. The molecular formula is C19H11BrN2O3S. The number of nitrogens with zero attached hydrogens (tertiary/aromatic N) is 1. The van der Waals surface area contributed by atoms with Crippen molar-refractivity contribution in [1.82, 2.24) is 9.97 Å².